The zero-order chi connectivity index (χ0) is 13.9. The summed E-state index contributed by atoms with van der Waals surface area (Å²) < 4.78 is 40.5. The minimum atomic E-state index is -3.44. The number of likely N-dealkylation sites (tertiary alicyclic amines) is 1. The number of halogens is 1. The number of rotatable bonds is 5. The number of nitrogens with zero attached hydrogens (tertiary/aromatic N) is 1. The van der Waals surface area contributed by atoms with Crippen LogP contribution in [-0.2, 0) is 10.0 Å². The van der Waals surface area contributed by atoms with Gasteiger partial charge >= 0.3 is 0 Å². The zero-order valence-electron chi connectivity index (χ0n) is 10.5. The fourth-order valence-electron chi connectivity index (χ4n) is 2.09. The van der Waals surface area contributed by atoms with E-state index in [9.17, 15) is 12.8 Å². The average Bonchev–Trinajstić information content (AvgIpc) is 2.80. The van der Waals surface area contributed by atoms with Gasteiger partial charge in [0.1, 0.15) is 18.2 Å². The Hall–Kier alpha value is -1.18. The van der Waals surface area contributed by atoms with Crippen molar-refractivity contribution < 1.29 is 17.5 Å². The molecule has 2 rings (SSSR count). The Balaban J connectivity index is 1.74. The van der Waals surface area contributed by atoms with E-state index >= 15 is 0 Å². The zero-order valence-corrected chi connectivity index (χ0v) is 11.3. The molecule has 5 nitrogen and oxygen atoms in total. The SMILES string of the molecule is NS(=O)(=O)C1CCN(CCOc2ccc(F)cc2)C1. The highest BCUT2D eigenvalue weighted by atomic mass is 32.2. The van der Waals surface area contributed by atoms with Gasteiger partial charge in [0.15, 0.2) is 0 Å². The van der Waals surface area contributed by atoms with Crippen molar-refractivity contribution in [3.8, 4) is 5.75 Å². The highest BCUT2D eigenvalue weighted by Crippen LogP contribution is 2.15. The van der Waals surface area contributed by atoms with Crippen LogP contribution in [0.4, 0.5) is 4.39 Å². The van der Waals surface area contributed by atoms with Gasteiger partial charge in [-0.05, 0) is 37.2 Å². The summed E-state index contributed by atoms with van der Waals surface area (Å²) in [5, 5.41) is 4.64. The van der Waals surface area contributed by atoms with Gasteiger partial charge in [0.25, 0.3) is 0 Å². The van der Waals surface area contributed by atoms with E-state index in [2.05, 4.69) is 0 Å². The predicted octanol–water partition coefficient (Wildman–Crippen LogP) is 0.567. The normalized spacial score (nSPS) is 20.6. The Morgan fingerprint density at radius 2 is 2.05 bits per heavy atom. The van der Waals surface area contributed by atoms with Crippen molar-refractivity contribution in [2.75, 3.05) is 26.2 Å². The van der Waals surface area contributed by atoms with Crippen molar-refractivity contribution >= 4 is 10.0 Å². The summed E-state index contributed by atoms with van der Waals surface area (Å²) in [4.78, 5) is 2.00. The number of primary sulfonamides is 1. The summed E-state index contributed by atoms with van der Waals surface area (Å²) in [7, 11) is -3.44. The average molecular weight is 288 g/mol. The smallest absolute Gasteiger partial charge is 0.213 e. The van der Waals surface area contributed by atoms with Gasteiger partial charge in [-0.3, -0.25) is 4.90 Å². The van der Waals surface area contributed by atoms with Crippen LogP contribution in [0.3, 0.4) is 0 Å². The molecule has 1 atom stereocenters. The van der Waals surface area contributed by atoms with Gasteiger partial charge < -0.3 is 4.74 Å². The molecule has 0 spiro atoms. The highest BCUT2D eigenvalue weighted by molar-refractivity contribution is 7.89. The molecule has 7 heteroatoms. The van der Waals surface area contributed by atoms with E-state index < -0.39 is 15.3 Å². The number of nitrogens with two attached hydrogens (primary N) is 1. The van der Waals surface area contributed by atoms with Crippen molar-refractivity contribution in [3.05, 3.63) is 30.1 Å². The fraction of sp³-hybridized carbons (Fsp3) is 0.500. The van der Waals surface area contributed by atoms with Gasteiger partial charge in [0, 0.05) is 13.1 Å². The maximum absolute atomic E-state index is 12.7. The predicted molar refractivity (Wildman–Crippen MR) is 69.8 cm³/mol. The quantitative estimate of drug-likeness (QED) is 0.859. The third-order valence-corrected chi connectivity index (χ3v) is 4.50. The molecule has 106 valence electrons. The van der Waals surface area contributed by atoms with Crippen molar-refractivity contribution in [2.24, 2.45) is 5.14 Å². The first-order valence-electron chi connectivity index (χ1n) is 6.07. The van der Waals surface area contributed by atoms with E-state index in [1.54, 1.807) is 12.1 Å². The molecule has 1 saturated heterocycles. The van der Waals surface area contributed by atoms with E-state index in [1.807, 2.05) is 4.90 Å². The first kappa shape index (κ1) is 14.2. The van der Waals surface area contributed by atoms with Crippen LogP contribution in [-0.4, -0.2) is 44.8 Å². The molecular weight excluding hydrogens is 271 g/mol. The molecule has 1 aromatic carbocycles. The Morgan fingerprint density at radius 1 is 1.37 bits per heavy atom. The van der Waals surface area contributed by atoms with E-state index in [-0.39, 0.29) is 5.82 Å². The standard InChI is InChI=1S/C12H17FN2O3S/c13-10-1-3-11(4-2-10)18-8-7-15-6-5-12(9-15)19(14,16)17/h1-4,12H,5-9H2,(H2,14,16,17). The van der Waals surface area contributed by atoms with E-state index in [1.165, 1.54) is 12.1 Å². The fourth-order valence-corrected chi connectivity index (χ4v) is 2.94. The molecule has 1 aliphatic rings. The monoisotopic (exact) mass is 288 g/mol. The molecular formula is C12H17FN2O3S. The van der Waals surface area contributed by atoms with Gasteiger partial charge in [-0.2, -0.15) is 0 Å². The van der Waals surface area contributed by atoms with Crippen molar-refractivity contribution in [3.63, 3.8) is 0 Å². The molecule has 0 aromatic heterocycles. The number of sulfonamides is 1. The molecule has 0 saturated carbocycles. The van der Waals surface area contributed by atoms with E-state index in [0.717, 1.165) is 0 Å². The van der Waals surface area contributed by atoms with Crippen LogP contribution in [0, 0.1) is 5.82 Å². The Labute approximate surface area is 112 Å². The lowest BCUT2D eigenvalue weighted by Gasteiger charge is -2.15. The Kier molecular flexibility index (Phi) is 4.38. The first-order valence-corrected chi connectivity index (χ1v) is 7.68. The molecule has 0 aliphatic carbocycles. The van der Waals surface area contributed by atoms with Crippen molar-refractivity contribution in [1.82, 2.24) is 4.90 Å². The molecule has 2 N–H and O–H groups in total. The third-order valence-electron chi connectivity index (χ3n) is 3.18. The molecule has 1 fully saturated rings. The van der Waals surface area contributed by atoms with Crippen LogP contribution in [0.1, 0.15) is 6.42 Å². The van der Waals surface area contributed by atoms with Gasteiger partial charge in [-0.25, -0.2) is 17.9 Å². The largest absolute Gasteiger partial charge is 0.492 e. The summed E-state index contributed by atoms with van der Waals surface area (Å²) >= 11 is 0. The van der Waals surface area contributed by atoms with Crippen LogP contribution >= 0.6 is 0 Å². The van der Waals surface area contributed by atoms with Crippen molar-refractivity contribution in [2.45, 2.75) is 11.7 Å². The molecule has 0 bridgehead atoms. The molecule has 0 amide bonds. The molecule has 0 radical (unpaired) electrons. The summed E-state index contributed by atoms with van der Waals surface area (Å²) in [5.74, 6) is 0.298. The van der Waals surface area contributed by atoms with Gasteiger partial charge in [-0.1, -0.05) is 0 Å². The lowest BCUT2D eigenvalue weighted by molar-refractivity contribution is 0.237. The second-order valence-electron chi connectivity index (χ2n) is 4.60. The molecule has 1 aromatic rings. The topological polar surface area (TPSA) is 72.6 Å². The molecule has 1 unspecified atom stereocenters. The lowest BCUT2D eigenvalue weighted by Crippen LogP contribution is -2.33. The van der Waals surface area contributed by atoms with Crippen LogP contribution in [0.5, 0.6) is 5.75 Å². The summed E-state index contributed by atoms with van der Waals surface area (Å²) in [6.45, 7) is 2.21. The number of hydrogen-bond donors (Lipinski definition) is 1. The number of hydrogen-bond acceptors (Lipinski definition) is 4. The van der Waals surface area contributed by atoms with Gasteiger partial charge in [0.05, 0.1) is 5.25 Å². The summed E-state index contributed by atoms with van der Waals surface area (Å²) in [5.41, 5.74) is 0. The number of ether oxygens (including phenoxy) is 1. The minimum absolute atomic E-state index is 0.303. The minimum Gasteiger partial charge on any atom is -0.492 e. The van der Waals surface area contributed by atoms with Crippen molar-refractivity contribution in [1.29, 1.82) is 0 Å². The summed E-state index contributed by atoms with van der Waals surface area (Å²) in [6.07, 6.45) is 0.565. The Morgan fingerprint density at radius 3 is 2.63 bits per heavy atom. The first-order chi connectivity index (χ1) is 8.95. The maximum atomic E-state index is 12.7. The van der Waals surface area contributed by atoms with Crippen LogP contribution in [0.25, 0.3) is 0 Å². The molecule has 1 aliphatic heterocycles. The van der Waals surface area contributed by atoms with Gasteiger partial charge in [-0.15, -0.1) is 0 Å². The molecule has 1 heterocycles. The second-order valence-corrected chi connectivity index (χ2v) is 6.45. The van der Waals surface area contributed by atoms with Crippen LogP contribution in [0.15, 0.2) is 24.3 Å². The van der Waals surface area contributed by atoms with Crippen LogP contribution in [0.2, 0.25) is 0 Å². The highest BCUT2D eigenvalue weighted by Gasteiger charge is 2.30. The van der Waals surface area contributed by atoms with E-state index in [0.29, 0.717) is 38.4 Å². The lowest BCUT2D eigenvalue weighted by atomic mass is 10.3. The Bertz CT molecular complexity index is 518. The maximum Gasteiger partial charge on any atom is 0.213 e. The number of benzene rings is 1. The van der Waals surface area contributed by atoms with Crippen LogP contribution < -0.4 is 9.88 Å². The second kappa shape index (κ2) is 5.85. The van der Waals surface area contributed by atoms with Gasteiger partial charge in [0.2, 0.25) is 10.0 Å². The summed E-state index contributed by atoms with van der Waals surface area (Å²) in [6, 6.07) is 5.79. The van der Waals surface area contributed by atoms with E-state index in [4.69, 9.17) is 9.88 Å². The third kappa shape index (κ3) is 4.15. The molecule has 19 heavy (non-hydrogen) atoms.